The third-order valence-electron chi connectivity index (χ3n) is 3.30. The van der Waals surface area contributed by atoms with E-state index in [1.54, 1.807) is 0 Å². The van der Waals surface area contributed by atoms with Crippen LogP contribution in [0.3, 0.4) is 0 Å². The molecule has 0 amide bonds. The van der Waals surface area contributed by atoms with Crippen molar-refractivity contribution in [3.8, 4) is 0 Å². The molecule has 2 aromatic rings. The summed E-state index contributed by atoms with van der Waals surface area (Å²) in [7, 11) is 0. The average molecular weight is 230 g/mol. The zero-order valence-corrected chi connectivity index (χ0v) is 10.4. The van der Waals surface area contributed by atoms with Crippen LogP contribution in [0.25, 0.3) is 11.0 Å². The standard InChI is InChI=1S/C13H18N4/c1-8(2)6-14-12-9-4-3-5-10(9)16-11-7-15-17-13(11)12/h7-8H,3-6H2,1-2H3,(H,14,16)(H,15,17). The van der Waals surface area contributed by atoms with E-state index < -0.39 is 0 Å². The van der Waals surface area contributed by atoms with Crippen molar-refractivity contribution >= 4 is 16.7 Å². The number of rotatable bonds is 3. The maximum atomic E-state index is 4.67. The van der Waals surface area contributed by atoms with Crippen LogP contribution in [0, 0.1) is 5.92 Å². The summed E-state index contributed by atoms with van der Waals surface area (Å²) in [5.74, 6) is 0.637. The number of hydrogen-bond donors (Lipinski definition) is 2. The number of pyridine rings is 1. The third-order valence-corrected chi connectivity index (χ3v) is 3.30. The molecular weight excluding hydrogens is 212 g/mol. The predicted molar refractivity (Wildman–Crippen MR) is 69.2 cm³/mol. The van der Waals surface area contributed by atoms with Gasteiger partial charge in [-0.15, -0.1) is 0 Å². The molecule has 90 valence electrons. The average Bonchev–Trinajstić information content (AvgIpc) is 2.90. The molecule has 3 rings (SSSR count). The van der Waals surface area contributed by atoms with Crippen molar-refractivity contribution in [2.75, 3.05) is 11.9 Å². The second-order valence-corrected chi connectivity index (χ2v) is 5.17. The molecule has 1 aliphatic carbocycles. The Labute approximate surface area is 101 Å². The first-order valence-corrected chi connectivity index (χ1v) is 6.34. The topological polar surface area (TPSA) is 53.6 Å². The smallest absolute Gasteiger partial charge is 0.110 e. The fourth-order valence-electron chi connectivity index (χ4n) is 2.47. The molecule has 0 aromatic carbocycles. The van der Waals surface area contributed by atoms with Crippen LogP contribution < -0.4 is 5.32 Å². The van der Waals surface area contributed by atoms with E-state index >= 15 is 0 Å². The number of anilines is 1. The number of nitrogens with zero attached hydrogens (tertiary/aromatic N) is 2. The van der Waals surface area contributed by atoms with E-state index in [4.69, 9.17) is 0 Å². The van der Waals surface area contributed by atoms with Gasteiger partial charge in [0, 0.05) is 12.2 Å². The Balaban J connectivity index is 2.09. The lowest BCUT2D eigenvalue weighted by Crippen LogP contribution is -2.10. The van der Waals surface area contributed by atoms with Crippen LogP contribution in [0.15, 0.2) is 6.20 Å². The molecule has 0 saturated carbocycles. The quantitative estimate of drug-likeness (QED) is 0.851. The van der Waals surface area contributed by atoms with Gasteiger partial charge >= 0.3 is 0 Å². The Morgan fingerprint density at radius 2 is 2.29 bits per heavy atom. The highest BCUT2D eigenvalue weighted by molar-refractivity contribution is 5.90. The van der Waals surface area contributed by atoms with Crippen LogP contribution in [0.1, 0.15) is 31.5 Å². The summed E-state index contributed by atoms with van der Waals surface area (Å²) in [6, 6.07) is 0. The van der Waals surface area contributed by atoms with Gasteiger partial charge in [0.1, 0.15) is 11.0 Å². The van der Waals surface area contributed by atoms with Crippen LogP contribution in [-0.4, -0.2) is 21.7 Å². The second-order valence-electron chi connectivity index (χ2n) is 5.17. The van der Waals surface area contributed by atoms with Crippen molar-refractivity contribution in [1.29, 1.82) is 0 Å². The summed E-state index contributed by atoms with van der Waals surface area (Å²) in [5.41, 5.74) is 5.92. The molecule has 0 aliphatic heterocycles. The van der Waals surface area contributed by atoms with E-state index in [0.717, 1.165) is 30.4 Å². The highest BCUT2D eigenvalue weighted by atomic mass is 15.1. The van der Waals surface area contributed by atoms with Gasteiger partial charge in [0.05, 0.1) is 11.9 Å². The van der Waals surface area contributed by atoms with Gasteiger partial charge in [0.25, 0.3) is 0 Å². The van der Waals surface area contributed by atoms with Crippen molar-refractivity contribution in [3.63, 3.8) is 0 Å². The van der Waals surface area contributed by atoms with Crippen LogP contribution >= 0.6 is 0 Å². The molecule has 2 N–H and O–H groups in total. The lowest BCUT2D eigenvalue weighted by Gasteiger charge is -2.13. The Hall–Kier alpha value is -1.58. The number of aryl methyl sites for hydroxylation is 1. The van der Waals surface area contributed by atoms with Crippen molar-refractivity contribution in [2.45, 2.75) is 33.1 Å². The highest BCUT2D eigenvalue weighted by Gasteiger charge is 2.20. The predicted octanol–water partition coefficient (Wildman–Crippen LogP) is 2.51. The molecule has 17 heavy (non-hydrogen) atoms. The molecular formula is C13H18N4. The van der Waals surface area contributed by atoms with E-state index in [9.17, 15) is 0 Å². The Bertz CT molecular complexity index is 542. The van der Waals surface area contributed by atoms with Crippen LogP contribution in [0.2, 0.25) is 0 Å². The lowest BCUT2D eigenvalue weighted by molar-refractivity contribution is 0.688. The maximum Gasteiger partial charge on any atom is 0.110 e. The second kappa shape index (κ2) is 4.02. The number of aromatic amines is 1. The van der Waals surface area contributed by atoms with Gasteiger partial charge in [-0.1, -0.05) is 13.8 Å². The van der Waals surface area contributed by atoms with E-state index in [-0.39, 0.29) is 0 Å². The van der Waals surface area contributed by atoms with E-state index in [1.807, 2.05) is 6.20 Å². The summed E-state index contributed by atoms with van der Waals surface area (Å²) in [6.45, 7) is 5.43. The van der Waals surface area contributed by atoms with Gasteiger partial charge in [0.2, 0.25) is 0 Å². The van der Waals surface area contributed by atoms with Crippen molar-refractivity contribution in [1.82, 2.24) is 15.2 Å². The largest absolute Gasteiger partial charge is 0.383 e. The number of H-pyrrole nitrogens is 1. The van der Waals surface area contributed by atoms with Gasteiger partial charge in [-0.25, -0.2) is 4.98 Å². The maximum absolute atomic E-state index is 4.67. The molecule has 0 radical (unpaired) electrons. The van der Waals surface area contributed by atoms with Gasteiger partial charge in [-0.2, -0.15) is 5.10 Å². The molecule has 2 heterocycles. The first-order valence-electron chi connectivity index (χ1n) is 6.34. The van der Waals surface area contributed by atoms with Crippen molar-refractivity contribution in [3.05, 3.63) is 17.5 Å². The Morgan fingerprint density at radius 1 is 1.41 bits per heavy atom. The molecule has 0 saturated heterocycles. The summed E-state index contributed by atoms with van der Waals surface area (Å²) < 4.78 is 0. The normalized spacial score (nSPS) is 14.5. The molecule has 1 aliphatic rings. The summed E-state index contributed by atoms with van der Waals surface area (Å²) in [6.07, 6.45) is 5.28. The summed E-state index contributed by atoms with van der Waals surface area (Å²) >= 11 is 0. The van der Waals surface area contributed by atoms with Crippen LogP contribution in [-0.2, 0) is 12.8 Å². The first-order chi connectivity index (χ1) is 8.25. The van der Waals surface area contributed by atoms with Crippen LogP contribution in [0.5, 0.6) is 0 Å². The Kier molecular flexibility index (Phi) is 2.50. The summed E-state index contributed by atoms with van der Waals surface area (Å²) in [4.78, 5) is 4.67. The number of nitrogens with one attached hydrogen (secondary N) is 2. The minimum absolute atomic E-state index is 0.637. The molecule has 0 unspecified atom stereocenters. The van der Waals surface area contributed by atoms with Gasteiger partial charge < -0.3 is 5.32 Å². The van der Waals surface area contributed by atoms with Crippen molar-refractivity contribution < 1.29 is 0 Å². The number of aromatic nitrogens is 3. The minimum atomic E-state index is 0.637. The van der Waals surface area contributed by atoms with E-state index in [1.165, 1.54) is 23.4 Å². The van der Waals surface area contributed by atoms with Gasteiger partial charge in [-0.3, -0.25) is 5.10 Å². The summed E-state index contributed by atoms with van der Waals surface area (Å²) in [5, 5.41) is 10.7. The highest BCUT2D eigenvalue weighted by Crippen LogP contribution is 2.32. The number of hydrogen-bond acceptors (Lipinski definition) is 3. The van der Waals surface area contributed by atoms with Gasteiger partial charge in [-0.05, 0) is 30.7 Å². The molecule has 0 atom stereocenters. The SMILES string of the molecule is CC(C)CNc1c2c(nc3cn[nH]c13)CCC2. The minimum Gasteiger partial charge on any atom is -0.383 e. The zero-order valence-electron chi connectivity index (χ0n) is 10.4. The number of fused-ring (bicyclic) bond motifs is 2. The van der Waals surface area contributed by atoms with Crippen LogP contribution in [0.4, 0.5) is 5.69 Å². The molecule has 4 nitrogen and oxygen atoms in total. The fourth-order valence-corrected chi connectivity index (χ4v) is 2.47. The molecule has 4 heteroatoms. The first kappa shape index (κ1) is 10.6. The van der Waals surface area contributed by atoms with E-state index in [2.05, 4.69) is 34.3 Å². The molecule has 0 bridgehead atoms. The third kappa shape index (κ3) is 1.77. The lowest BCUT2D eigenvalue weighted by atomic mass is 10.1. The fraction of sp³-hybridized carbons (Fsp3) is 0.538. The molecule has 0 spiro atoms. The van der Waals surface area contributed by atoms with Gasteiger partial charge in [0.15, 0.2) is 0 Å². The monoisotopic (exact) mass is 230 g/mol. The van der Waals surface area contributed by atoms with E-state index in [0.29, 0.717) is 5.92 Å². The van der Waals surface area contributed by atoms with Crippen molar-refractivity contribution in [2.24, 2.45) is 5.92 Å². The Morgan fingerprint density at radius 3 is 3.12 bits per heavy atom. The zero-order chi connectivity index (χ0) is 11.8. The molecule has 2 aromatic heterocycles. The molecule has 0 fully saturated rings.